The van der Waals surface area contributed by atoms with Gasteiger partial charge in [-0.2, -0.15) is 18.3 Å². The van der Waals surface area contributed by atoms with Crippen LogP contribution in [0.1, 0.15) is 29.2 Å². The summed E-state index contributed by atoms with van der Waals surface area (Å²) in [6.45, 7) is -1.17. The highest BCUT2D eigenvalue weighted by Crippen LogP contribution is 2.33. The van der Waals surface area contributed by atoms with E-state index in [0.29, 0.717) is 5.82 Å². The molecule has 2 aromatic carbocycles. The minimum Gasteiger partial charge on any atom is -0.333 e. The van der Waals surface area contributed by atoms with Crippen LogP contribution in [0.2, 0.25) is 0 Å². The maximum Gasteiger partial charge on any atom is 0.401 e. The Kier molecular flexibility index (Phi) is 6.22. The van der Waals surface area contributed by atoms with Crippen LogP contribution in [0.4, 0.5) is 28.2 Å². The van der Waals surface area contributed by atoms with Gasteiger partial charge in [-0.15, -0.1) is 0 Å². The number of likely N-dealkylation sites (tertiary alicyclic amines) is 1. The molecule has 0 saturated carbocycles. The second-order valence-corrected chi connectivity index (χ2v) is 9.02. The molecular weight excluding hydrogens is 462 g/mol. The monoisotopic (exact) mass is 487 g/mol. The second kappa shape index (κ2) is 9.33. The summed E-state index contributed by atoms with van der Waals surface area (Å²) in [6.07, 6.45) is -1.86. The number of nitrogens with one attached hydrogen (secondary N) is 2. The number of amides is 2. The third kappa shape index (κ3) is 5.02. The predicted molar refractivity (Wildman–Crippen MR) is 123 cm³/mol. The molecule has 2 heterocycles. The van der Waals surface area contributed by atoms with Gasteiger partial charge in [-0.1, -0.05) is 36.4 Å². The van der Waals surface area contributed by atoms with Crippen molar-refractivity contribution in [2.75, 3.05) is 25.0 Å². The molecule has 6 nitrogen and oxygen atoms in total. The van der Waals surface area contributed by atoms with E-state index in [1.165, 1.54) is 17.0 Å². The molecule has 1 aliphatic carbocycles. The van der Waals surface area contributed by atoms with Crippen molar-refractivity contribution < 1.29 is 22.4 Å². The quantitative estimate of drug-likeness (QED) is 0.515. The number of fused-ring (bicyclic) bond motifs is 1. The highest BCUT2D eigenvalue weighted by molar-refractivity contribution is 5.90. The number of aryl methyl sites for hydroxylation is 1. The number of hydrogen-bond acceptors (Lipinski definition) is 3. The fourth-order valence-corrected chi connectivity index (χ4v) is 5.09. The zero-order chi connectivity index (χ0) is 24.6. The van der Waals surface area contributed by atoms with Crippen LogP contribution >= 0.6 is 0 Å². The fraction of sp³-hybridized carbons (Fsp3) is 0.360. The summed E-state index contributed by atoms with van der Waals surface area (Å²) in [5.41, 5.74) is 2.96. The molecular formula is C25H25F4N5O. The van der Waals surface area contributed by atoms with Gasteiger partial charge in [0.05, 0.1) is 24.0 Å². The number of urea groups is 1. The van der Waals surface area contributed by atoms with Crippen molar-refractivity contribution in [1.29, 1.82) is 0 Å². The first-order chi connectivity index (χ1) is 16.8. The van der Waals surface area contributed by atoms with E-state index in [2.05, 4.69) is 15.7 Å². The molecule has 2 N–H and O–H groups in total. The second-order valence-electron chi connectivity index (χ2n) is 9.02. The van der Waals surface area contributed by atoms with E-state index < -0.39 is 36.5 Å². The van der Waals surface area contributed by atoms with Crippen LogP contribution in [-0.2, 0) is 12.8 Å². The number of aromatic nitrogens is 2. The number of anilines is 1. The molecule has 5 rings (SSSR count). The molecule has 35 heavy (non-hydrogen) atoms. The van der Waals surface area contributed by atoms with Crippen molar-refractivity contribution in [3.8, 4) is 5.69 Å². The zero-order valence-electron chi connectivity index (χ0n) is 18.9. The Morgan fingerprint density at radius 2 is 1.77 bits per heavy atom. The number of carbonyl (C=O) groups excluding carboxylic acids is 1. The molecule has 1 unspecified atom stereocenters. The highest BCUT2D eigenvalue weighted by atomic mass is 19.4. The lowest BCUT2D eigenvalue weighted by molar-refractivity contribution is -0.143. The largest absolute Gasteiger partial charge is 0.401 e. The van der Waals surface area contributed by atoms with Crippen LogP contribution in [-0.4, -0.2) is 52.6 Å². The molecule has 2 amide bonds. The van der Waals surface area contributed by atoms with E-state index in [-0.39, 0.29) is 18.7 Å². The van der Waals surface area contributed by atoms with Gasteiger partial charge in [0.1, 0.15) is 11.6 Å². The van der Waals surface area contributed by atoms with Crippen molar-refractivity contribution in [2.45, 2.75) is 37.4 Å². The molecule has 0 radical (unpaired) electrons. The lowest BCUT2D eigenvalue weighted by atomic mass is 9.94. The molecule has 1 aliphatic heterocycles. The summed E-state index contributed by atoms with van der Waals surface area (Å²) < 4.78 is 55.4. The van der Waals surface area contributed by atoms with Crippen molar-refractivity contribution in [2.24, 2.45) is 0 Å². The Hall–Kier alpha value is -3.40. The van der Waals surface area contributed by atoms with Crippen LogP contribution < -0.4 is 10.6 Å². The number of benzene rings is 2. The van der Waals surface area contributed by atoms with Crippen LogP contribution in [0.25, 0.3) is 5.69 Å². The van der Waals surface area contributed by atoms with Gasteiger partial charge in [0, 0.05) is 24.6 Å². The van der Waals surface area contributed by atoms with Gasteiger partial charge in [0.2, 0.25) is 0 Å². The van der Waals surface area contributed by atoms with Crippen molar-refractivity contribution >= 4 is 11.8 Å². The number of halogens is 4. The molecule has 2 atom stereocenters. The molecule has 1 fully saturated rings. The molecule has 0 spiro atoms. The Balaban J connectivity index is 1.38. The maximum absolute atomic E-state index is 14.5. The minimum absolute atomic E-state index is 0.0112. The zero-order valence-corrected chi connectivity index (χ0v) is 18.9. The van der Waals surface area contributed by atoms with E-state index in [9.17, 15) is 22.4 Å². The third-order valence-electron chi connectivity index (χ3n) is 6.56. The average molecular weight is 488 g/mol. The average Bonchev–Trinajstić information content (AvgIpc) is 3.50. The topological polar surface area (TPSA) is 62.2 Å². The Bertz CT molecular complexity index is 1210. The van der Waals surface area contributed by atoms with Crippen LogP contribution in [0.15, 0.2) is 54.6 Å². The van der Waals surface area contributed by atoms with Crippen LogP contribution in [0.5, 0.6) is 0 Å². The van der Waals surface area contributed by atoms with E-state index >= 15 is 0 Å². The van der Waals surface area contributed by atoms with Gasteiger partial charge in [-0.3, -0.25) is 10.2 Å². The Morgan fingerprint density at radius 1 is 1.03 bits per heavy atom. The normalized spacial score (nSPS) is 20.1. The highest BCUT2D eigenvalue weighted by Gasteiger charge is 2.41. The van der Waals surface area contributed by atoms with Crippen LogP contribution in [0.3, 0.4) is 0 Å². The van der Waals surface area contributed by atoms with E-state index in [4.69, 9.17) is 0 Å². The van der Waals surface area contributed by atoms with Gasteiger partial charge in [-0.25, -0.2) is 13.9 Å². The smallest absolute Gasteiger partial charge is 0.333 e. The summed E-state index contributed by atoms with van der Waals surface area (Å²) in [4.78, 5) is 14.3. The maximum atomic E-state index is 14.5. The Labute approximate surface area is 199 Å². The van der Waals surface area contributed by atoms with Gasteiger partial charge in [0.25, 0.3) is 0 Å². The van der Waals surface area contributed by atoms with Crippen molar-refractivity contribution in [3.05, 3.63) is 77.2 Å². The number of para-hydroxylation sites is 1. The molecule has 1 saturated heterocycles. The molecule has 0 bridgehead atoms. The predicted octanol–water partition coefficient (Wildman–Crippen LogP) is 4.65. The number of rotatable bonds is 5. The molecule has 184 valence electrons. The number of carbonyl (C=O) groups is 1. The summed E-state index contributed by atoms with van der Waals surface area (Å²) in [7, 11) is 0. The first-order valence-electron chi connectivity index (χ1n) is 11.6. The van der Waals surface area contributed by atoms with Gasteiger partial charge in [0.15, 0.2) is 0 Å². The number of hydrogen-bond donors (Lipinski definition) is 2. The minimum atomic E-state index is -4.39. The summed E-state index contributed by atoms with van der Waals surface area (Å²) in [6, 6.07) is 14.1. The van der Waals surface area contributed by atoms with Gasteiger partial charge in [-0.05, 0) is 43.0 Å². The van der Waals surface area contributed by atoms with E-state index in [1.807, 2.05) is 30.3 Å². The SMILES string of the molecule is O=C(Nc1c2c(nn1-c1ccccc1)CCC2)N[C@@H]1CN(CC(F)(F)F)CC1c1ccccc1F. The standard InChI is InChI=1S/C25H25F4N5O/c26-20-11-5-4-9-17(20)19-13-33(15-25(27,28)29)14-22(19)30-24(35)31-23-18-10-6-12-21(18)32-34(23)16-7-2-1-3-8-16/h1-5,7-9,11,19,22H,6,10,12-15H2,(H2,30,31,35)/t19?,22-/m1/s1. The summed E-state index contributed by atoms with van der Waals surface area (Å²) in [5.74, 6) is -0.568. The van der Waals surface area contributed by atoms with Gasteiger partial charge >= 0.3 is 12.2 Å². The first kappa shape index (κ1) is 23.3. The molecule has 1 aromatic heterocycles. The first-order valence-corrected chi connectivity index (χ1v) is 11.6. The van der Waals surface area contributed by atoms with Crippen LogP contribution in [0, 0.1) is 5.82 Å². The molecule has 2 aliphatic rings. The van der Waals surface area contributed by atoms with E-state index in [1.54, 1.807) is 16.8 Å². The van der Waals surface area contributed by atoms with E-state index in [0.717, 1.165) is 36.2 Å². The summed E-state index contributed by atoms with van der Waals surface area (Å²) >= 11 is 0. The fourth-order valence-electron chi connectivity index (χ4n) is 5.09. The Morgan fingerprint density at radius 3 is 2.51 bits per heavy atom. The van der Waals surface area contributed by atoms with Gasteiger partial charge < -0.3 is 5.32 Å². The van der Waals surface area contributed by atoms with Crippen molar-refractivity contribution in [1.82, 2.24) is 20.0 Å². The molecule has 10 heteroatoms. The number of nitrogens with zero attached hydrogens (tertiary/aromatic N) is 3. The lowest BCUT2D eigenvalue weighted by Crippen LogP contribution is -2.43. The number of alkyl halides is 3. The third-order valence-corrected chi connectivity index (χ3v) is 6.56. The summed E-state index contributed by atoms with van der Waals surface area (Å²) in [5, 5.41) is 10.4. The lowest BCUT2D eigenvalue weighted by Gasteiger charge is -2.21. The molecule has 3 aromatic rings. The van der Waals surface area contributed by atoms with Crippen molar-refractivity contribution in [3.63, 3.8) is 0 Å².